The molecule has 0 aliphatic heterocycles. The molecule has 106 valence electrons. The summed E-state index contributed by atoms with van der Waals surface area (Å²) < 4.78 is 57.4. The smallest absolute Gasteiger partial charge is 0.469 e. The van der Waals surface area contributed by atoms with Gasteiger partial charge < -0.3 is 9.47 Å². The first-order valence-electron chi connectivity index (χ1n) is 4.83. The molecule has 0 bridgehead atoms. The largest absolute Gasteiger partial charge is 0.573 e. The van der Waals surface area contributed by atoms with E-state index in [2.05, 4.69) is 14.5 Å². The molecule has 0 saturated carbocycles. The lowest BCUT2D eigenvalue weighted by molar-refractivity contribution is -0.275. The maximum Gasteiger partial charge on any atom is 0.573 e. The summed E-state index contributed by atoms with van der Waals surface area (Å²) in [6, 6.07) is 0.813. The zero-order valence-electron chi connectivity index (χ0n) is 9.55. The predicted octanol–water partition coefficient (Wildman–Crippen LogP) is 2.77. The van der Waals surface area contributed by atoms with Crippen molar-refractivity contribution in [2.75, 3.05) is 7.11 Å². The van der Waals surface area contributed by atoms with Crippen LogP contribution in [0.15, 0.2) is 6.07 Å². The van der Waals surface area contributed by atoms with E-state index >= 15 is 0 Å². The van der Waals surface area contributed by atoms with Crippen LogP contribution in [0, 0.1) is 3.70 Å². The van der Waals surface area contributed by atoms with E-state index in [1.807, 2.05) is 0 Å². The first-order valence-corrected chi connectivity index (χ1v) is 5.91. The molecule has 0 aliphatic carbocycles. The quantitative estimate of drug-likeness (QED) is 0.342. The van der Waals surface area contributed by atoms with Gasteiger partial charge in [0.1, 0.15) is 16.1 Å². The molecule has 1 rings (SSSR count). The molecule has 1 aromatic rings. The van der Waals surface area contributed by atoms with Gasteiger partial charge in [-0.05, 0) is 22.6 Å². The van der Waals surface area contributed by atoms with Gasteiger partial charge in [-0.25, -0.2) is 9.37 Å². The van der Waals surface area contributed by atoms with Crippen LogP contribution in [0.4, 0.5) is 17.6 Å². The first kappa shape index (κ1) is 15.9. The van der Waals surface area contributed by atoms with Gasteiger partial charge in [-0.3, -0.25) is 4.79 Å². The first-order chi connectivity index (χ1) is 8.76. The molecule has 0 N–H and O–H groups in total. The maximum atomic E-state index is 12.5. The number of methoxy groups -OCH3 is 1. The Bertz CT molecular complexity index is 479. The van der Waals surface area contributed by atoms with Gasteiger partial charge in [-0.1, -0.05) is 0 Å². The van der Waals surface area contributed by atoms with Gasteiger partial charge >= 0.3 is 12.3 Å². The number of hydrogen-bond acceptors (Lipinski definition) is 4. The van der Waals surface area contributed by atoms with E-state index in [0.29, 0.717) is 0 Å². The van der Waals surface area contributed by atoms with Gasteiger partial charge in [0.2, 0.25) is 0 Å². The fourth-order valence-electron chi connectivity index (χ4n) is 1.23. The van der Waals surface area contributed by atoms with Gasteiger partial charge in [0, 0.05) is 11.6 Å². The van der Waals surface area contributed by atoms with Crippen LogP contribution in [0.5, 0.6) is 5.75 Å². The molecular weight excluding hydrogens is 385 g/mol. The Labute approximate surface area is 119 Å². The monoisotopic (exact) mass is 393 g/mol. The lowest BCUT2D eigenvalue weighted by Gasteiger charge is -2.14. The number of aromatic nitrogens is 1. The second kappa shape index (κ2) is 6.35. The van der Waals surface area contributed by atoms with E-state index in [0.717, 1.165) is 13.2 Å². The number of ether oxygens (including phenoxy) is 2. The number of rotatable bonds is 4. The highest BCUT2D eigenvalue weighted by molar-refractivity contribution is 14.1. The van der Waals surface area contributed by atoms with Crippen molar-refractivity contribution in [2.24, 2.45) is 0 Å². The number of halogens is 5. The highest BCUT2D eigenvalue weighted by Crippen LogP contribution is 2.30. The standard InChI is InChI=1S/C10H8F4INO3/c1-18-8(17)3-6-7(19-10(12,13)14)2-5(4-11)16-9(6)15/h2H,3-4H2,1H3. The number of pyridine rings is 1. The van der Waals surface area contributed by atoms with E-state index in [1.54, 1.807) is 22.6 Å². The Kier molecular flexibility index (Phi) is 5.32. The van der Waals surface area contributed by atoms with Gasteiger partial charge in [-0.2, -0.15) is 0 Å². The Balaban J connectivity index is 3.21. The summed E-state index contributed by atoms with van der Waals surface area (Å²) in [7, 11) is 1.10. The summed E-state index contributed by atoms with van der Waals surface area (Å²) in [6.45, 7) is -1.04. The van der Waals surface area contributed by atoms with Crippen molar-refractivity contribution in [3.05, 3.63) is 21.0 Å². The summed E-state index contributed by atoms with van der Waals surface area (Å²) in [5.41, 5.74) is -0.306. The van der Waals surface area contributed by atoms with E-state index in [-0.39, 0.29) is 15.0 Å². The molecular formula is C10H8F4INO3. The van der Waals surface area contributed by atoms with Crippen molar-refractivity contribution in [1.29, 1.82) is 0 Å². The van der Waals surface area contributed by atoms with E-state index in [4.69, 9.17) is 0 Å². The topological polar surface area (TPSA) is 48.4 Å². The number of carbonyl (C=O) groups is 1. The summed E-state index contributed by atoms with van der Waals surface area (Å²) >= 11 is 1.60. The van der Waals surface area contributed by atoms with Crippen LogP contribution in [0.25, 0.3) is 0 Å². The van der Waals surface area contributed by atoms with Crippen LogP contribution >= 0.6 is 22.6 Å². The van der Waals surface area contributed by atoms with Gasteiger partial charge in [0.25, 0.3) is 0 Å². The van der Waals surface area contributed by atoms with Gasteiger partial charge in [0.15, 0.2) is 0 Å². The highest BCUT2D eigenvalue weighted by atomic mass is 127. The van der Waals surface area contributed by atoms with Crippen molar-refractivity contribution in [3.63, 3.8) is 0 Å². The number of alkyl halides is 4. The lowest BCUT2D eigenvalue weighted by Crippen LogP contribution is -2.20. The second-order valence-electron chi connectivity index (χ2n) is 3.32. The highest BCUT2D eigenvalue weighted by Gasteiger charge is 2.33. The average Bonchev–Trinajstić information content (AvgIpc) is 2.30. The fraction of sp³-hybridized carbons (Fsp3) is 0.400. The van der Waals surface area contributed by atoms with Crippen LogP contribution in [0.1, 0.15) is 11.3 Å². The number of nitrogens with zero attached hydrogens (tertiary/aromatic N) is 1. The summed E-state index contributed by atoms with van der Waals surface area (Å²) in [6.07, 6.45) is -5.39. The minimum absolute atomic E-state index is 0.0531. The third-order valence-electron chi connectivity index (χ3n) is 2.00. The van der Waals surface area contributed by atoms with E-state index < -0.39 is 31.2 Å². The molecule has 9 heteroatoms. The van der Waals surface area contributed by atoms with Crippen molar-refractivity contribution in [2.45, 2.75) is 19.5 Å². The molecule has 0 amide bonds. The third-order valence-corrected chi connectivity index (χ3v) is 2.89. The van der Waals surface area contributed by atoms with Crippen molar-refractivity contribution >= 4 is 28.6 Å². The SMILES string of the molecule is COC(=O)Cc1c(OC(F)(F)F)cc(CF)nc1I. The third kappa shape index (κ3) is 4.80. The summed E-state index contributed by atoms with van der Waals surface area (Å²) in [4.78, 5) is 14.9. The van der Waals surface area contributed by atoms with Crippen LogP contribution < -0.4 is 4.74 Å². The van der Waals surface area contributed by atoms with Crippen LogP contribution in [-0.2, 0) is 22.6 Å². The van der Waals surface area contributed by atoms with Crippen LogP contribution in [0.2, 0.25) is 0 Å². The van der Waals surface area contributed by atoms with Crippen molar-refractivity contribution < 1.29 is 31.8 Å². The Morgan fingerprint density at radius 3 is 2.58 bits per heavy atom. The summed E-state index contributed by atoms with van der Waals surface area (Å²) in [5, 5.41) is 0. The number of hydrogen-bond donors (Lipinski definition) is 0. The minimum Gasteiger partial charge on any atom is -0.469 e. The maximum absolute atomic E-state index is 12.5. The second-order valence-corrected chi connectivity index (χ2v) is 4.34. The normalized spacial score (nSPS) is 11.3. The minimum atomic E-state index is -4.94. The fourth-order valence-corrected chi connectivity index (χ4v) is 1.99. The molecule has 1 aromatic heterocycles. The average molecular weight is 393 g/mol. The molecule has 19 heavy (non-hydrogen) atoms. The van der Waals surface area contributed by atoms with E-state index in [1.165, 1.54) is 0 Å². The summed E-state index contributed by atoms with van der Waals surface area (Å²) in [5.74, 6) is -1.40. The van der Waals surface area contributed by atoms with Gasteiger partial charge in [0.05, 0.1) is 19.2 Å². The number of esters is 1. The molecule has 0 atom stereocenters. The molecule has 4 nitrogen and oxygen atoms in total. The molecule has 0 saturated heterocycles. The Morgan fingerprint density at radius 1 is 1.47 bits per heavy atom. The Hall–Kier alpha value is -1.13. The number of carbonyl (C=O) groups excluding carboxylic acids is 1. The molecule has 0 radical (unpaired) electrons. The van der Waals surface area contributed by atoms with Crippen molar-refractivity contribution in [3.8, 4) is 5.75 Å². The molecule has 0 aromatic carbocycles. The molecule has 0 aliphatic rings. The predicted molar refractivity (Wildman–Crippen MR) is 64.2 cm³/mol. The molecule has 0 spiro atoms. The van der Waals surface area contributed by atoms with Crippen LogP contribution in [-0.4, -0.2) is 24.4 Å². The zero-order valence-corrected chi connectivity index (χ0v) is 11.7. The van der Waals surface area contributed by atoms with Crippen LogP contribution in [0.3, 0.4) is 0 Å². The van der Waals surface area contributed by atoms with Gasteiger partial charge in [-0.15, -0.1) is 13.2 Å². The van der Waals surface area contributed by atoms with E-state index in [9.17, 15) is 22.4 Å². The zero-order chi connectivity index (χ0) is 14.6. The van der Waals surface area contributed by atoms with Crippen molar-refractivity contribution in [1.82, 2.24) is 4.98 Å². The Morgan fingerprint density at radius 2 is 2.11 bits per heavy atom. The molecule has 0 fully saturated rings. The molecule has 1 heterocycles. The molecule has 0 unspecified atom stereocenters. The lowest BCUT2D eigenvalue weighted by atomic mass is 10.1.